The topological polar surface area (TPSA) is 105 Å². The standard InChI is InChI=1S/C13H20N4O3S/c1-13(12(18)15-2)5-7-17(9-13)21(19,20)11-4-3-6-16-10(11)8-14/h3-4,6H,5,7-9,14H2,1-2H3,(H,15,18). The molecule has 116 valence electrons. The van der Waals surface area contributed by atoms with E-state index in [0.29, 0.717) is 18.7 Å². The number of carbonyl (C=O) groups is 1. The van der Waals surface area contributed by atoms with Gasteiger partial charge >= 0.3 is 0 Å². The number of aromatic nitrogens is 1. The SMILES string of the molecule is CNC(=O)C1(C)CCN(S(=O)(=O)c2cccnc2CN)C1. The van der Waals surface area contributed by atoms with Gasteiger partial charge in [0.2, 0.25) is 15.9 Å². The molecular formula is C13H20N4O3S. The minimum atomic E-state index is -3.68. The van der Waals surface area contributed by atoms with Crippen LogP contribution in [0.25, 0.3) is 0 Å². The second kappa shape index (κ2) is 5.70. The lowest BCUT2D eigenvalue weighted by atomic mass is 9.89. The molecule has 0 bridgehead atoms. The number of carbonyl (C=O) groups excluding carboxylic acids is 1. The van der Waals surface area contributed by atoms with Gasteiger partial charge in [-0.3, -0.25) is 9.78 Å². The van der Waals surface area contributed by atoms with E-state index in [0.717, 1.165) is 0 Å². The Morgan fingerprint density at radius 3 is 2.90 bits per heavy atom. The van der Waals surface area contributed by atoms with Crippen LogP contribution >= 0.6 is 0 Å². The minimum Gasteiger partial charge on any atom is -0.359 e. The molecule has 0 spiro atoms. The molecule has 0 radical (unpaired) electrons. The summed E-state index contributed by atoms with van der Waals surface area (Å²) in [5.41, 5.74) is 5.20. The number of amides is 1. The smallest absolute Gasteiger partial charge is 0.244 e. The molecule has 2 heterocycles. The summed E-state index contributed by atoms with van der Waals surface area (Å²) in [4.78, 5) is 16.0. The quantitative estimate of drug-likeness (QED) is 0.793. The molecule has 21 heavy (non-hydrogen) atoms. The van der Waals surface area contributed by atoms with Crippen molar-refractivity contribution in [1.29, 1.82) is 0 Å². The molecule has 7 nitrogen and oxygen atoms in total. The lowest BCUT2D eigenvalue weighted by molar-refractivity contribution is -0.128. The first-order valence-corrected chi connectivity index (χ1v) is 8.15. The maximum atomic E-state index is 12.7. The number of sulfonamides is 1. The van der Waals surface area contributed by atoms with Crippen molar-refractivity contribution in [1.82, 2.24) is 14.6 Å². The third kappa shape index (κ3) is 2.78. The molecule has 1 atom stereocenters. The van der Waals surface area contributed by atoms with Crippen LogP contribution in [0.2, 0.25) is 0 Å². The van der Waals surface area contributed by atoms with Gasteiger partial charge in [0.05, 0.1) is 11.1 Å². The van der Waals surface area contributed by atoms with Gasteiger partial charge in [0.1, 0.15) is 4.90 Å². The summed E-state index contributed by atoms with van der Waals surface area (Å²) in [6.45, 7) is 2.30. The molecule has 1 aromatic rings. The van der Waals surface area contributed by atoms with E-state index in [9.17, 15) is 13.2 Å². The minimum absolute atomic E-state index is 0.0515. The van der Waals surface area contributed by atoms with Gasteiger partial charge in [0.15, 0.2) is 0 Å². The molecule has 1 saturated heterocycles. The van der Waals surface area contributed by atoms with E-state index >= 15 is 0 Å². The van der Waals surface area contributed by atoms with Crippen LogP contribution < -0.4 is 11.1 Å². The zero-order valence-electron chi connectivity index (χ0n) is 12.2. The lowest BCUT2D eigenvalue weighted by Gasteiger charge is -2.23. The summed E-state index contributed by atoms with van der Waals surface area (Å²) in [6, 6.07) is 3.07. The van der Waals surface area contributed by atoms with E-state index in [1.54, 1.807) is 20.0 Å². The number of nitrogens with two attached hydrogens (primary N) is 1. The van der Waals surface area contributed by atoms with Crippen molar-refractivity contribution in [2.45, 2.75) is 24.8 Å². The largest absolute Gasteiger partial charge is 0.359 e. The Kier molecular flexibility index (Phi) is 4.31. The second-order valence-corrected chi connectivity index (χ2v) is 7.29. The molecule has 1 unspecified atom stereocenters. The molecule has 3 N–H and O–H groups in total. The van der Waals surface area contributed by atoms with Crippen molar-refractivity contribution in [3.63, 3.8) is 0 Å². The summed E-state index contributed by atoms with van der Waals surface area (Å²) in [5.74, 6) is -0.148. The van der Waals surface area contributed by atoms with Gasteiger partial charge in [-0.2, -0.15) is 4.31 Å². The predicted molar refractivity (Wildman–Crippen MR) is 77.7 cm³/mol. The van der Waals surface area contributed by atoms with E-state index in [2.05, 4.69) is 10.3 Å². The summed E-state index contributed by atoms with van der Waals surface area (Å²) in [5, 5.41) is 2.59. The molecule has 1 amide bonds. The normalized spacial score (nSPS) is 23.2. The van der Waals surface area contributed by atoms with Crippen LogP contribution in [0.3, 0.4) is 0 Å². The van der Waals surface area contributed by atoms with Crippen LogP contribution in [0, 0.1) is 5.41 Å². The maximum absolute atomic E-state index is 12.7. The van der Waals surface area contributed by atoms with E-state index < -0.39 is 15.4 Å². The maximum Gasteiger partial charge on any atom is 0.244 e. The van der Waals surface area contributed by atoms with Crippen molar-refractivity contribution < 1.29 is 13.2 Å². The van der Waals surface area contributed by atoms with E-state index in [-0.39, 0.29) is 23.9 Å². The highest BCUT2D eigenvalue weighted by Gasteiger charge is 2.44. The Labute approximate surface area is 124 Å². The molecule has 1 aromatic heterocycles. The Morgan fingerprint density at radius 1 is 1.57 bits per heavy atom. The molecule has 1 fully saturated rings. The van der Waals surface area contributed by atoms with Crippen LogP contribution in [-0.4, -0.2) is 43.8 Å². The fourth-order valence-electron chi connectivity index (χ4n) is 2.56. The van der Waals surface area contributed by atoms with Gasteiger partial charge in [-0.1, -0.05) is 0 Å². The van der Waals surface area contributed by atoms with Crippen LogP contribution in [0.4, 0.5) is 0 Å². The fourth-order valence-corrected chi connectivity index (χ4v) is 4.31. The Hall–Kier alpha value is -1.51. The second-order valence-electron chi connectivity index (χ2n) is 5.38. The monoisotopic (exact) mass is 312 g/mol. The van der Waals surface area contributed by atoms with Crippen LogP contribution in [-0.2, 0) is 21.4 Å². The lowest BCUT2D eigenvalue weighted by Crippen LogP contribution is -2.40. The number of hydrogen-bond donors (Lipinski definition) is 2. The van der Waals surface area contributed by atoms with E-state index in [1.807, 2.05) is 0 Å². The highest BCUT2D eigenvalue weighted by Crippen LogP contribution is 2.34. The highest BCUT2D eigenvalue weighted by molar-refractivity contribution is 7.89. The summed E-state index contributed by atoms with van der Waals surface area (Å²) in [6.07, 6.45) is 2.00. The number of nitrogens with one attached hydrogen (secondary N) is 1. The predicted octanol–water partition coefficient (Wildman–Crippen LogP) is -0.313. The molecule has 1 aliphatic rings. The molecule has 0 aliphatic carbocycles. The van der Waals surface area contributed by atoms with Crippen LogP contribution in [0.1, 0.15) is 19.0 Å². The van der Waals surface area contributed by atoms with Crippen molar-refractivity contribution in [2.24, 2.45) is 11.1 Å². The van der Waals surface area contributed by atoms with Crippen molar-refractivity contribution in [2.75, 3.05) is 20.1 Å². The first kappa shape index (κ1) is 15.9. The molecular weight excluding hydrogens is 292 g/mol. The zero-order chi connectivity index (χ0) is 15.7. The third-order valence-corrected chi connectivity index (χ3v) is 5.79. The van der Waals surface area contributed by atoms with Gasteiger partial charge in [-0.15, -0.1) is 0 Å². The Morgan fingerprint density at radius 2 is 2.29 bits per heavy atom. The Bertz CT molecular complexity index is 647. The molecule has 8 heteroatoms. The highest BCUT2D eigenvalue weighted by atomic mass is 32.2. The van der Waals surface area contributed by atoms with Gasteiger partial charge in [-0.25, -0.2) is 8.42 Å². The average Bonchev–Trinajstić information content (AvgIpc) is 2.90. The third-order valence-electron chi connectivity index (χ3n) is 3.87. The summed E-state index contributed by atoms with van der Waals surface area (Å²) in [7, 11) is -2.13. The van der Waals surface area contributed by atoms with Gasteiger partial charge in [-0.05, 0) is 25.5 Å². The molecule has 0 aromatic carbocycles. The molecule has 0 saturated carbocycles. The average molecular weight is 312 g/mol. The van der Waals surface area contributed by atoms with Gasteiger partial charge in [0, 0.05) is 32.9 Å². The summed E-state index contributed by atoms with van der Waals surface area (Å²) < 4.78 is 26.8. The van der Waals surface area contributed by atoms with Crippen molar-refractivity contribution in [3.8, 4) is 0 Å². The van der Waals surface area contributed by atoms with E-state index in [1.165, 1.54) is 16.6 Å². The number of rotatable bonds is 4. The van der Waals surface area contributed by atoms with Gasteiger partial charge in [0.25, 0.3) is 0 Å². The molecule has 1 aliphatic heterocycles. The zero-order valence-corrected chi connectivity index (χ0v) is 13.0. The summed E-state index contributed by atoms with van der Waals surface area (Å²) >= 11 is 0. The van der Waals surface area contributed by atoms with Crippen LogP contribution in [0.5, 0.6) is 0 Å². The number of pyridine rings is 1. The molecule has 2 rings (SSSR count). The van der Waals surface area contributed by atoms with Crippen molar-refractivity contribution in [3.05, 3.63) is 24.0 Å². The van der Waals surface area contributed by atoms with Crippen molar-refractivity contribution >= 4 is 15.9 Å². The Balaban J connectivity index is 2.32. The number of hydrogen-bond acceptors (Lipinski definition) is 5. The fraction of sp³-hybridized carbons (Fsp3) is 0.538. The van der Waals surface area contributed by atoms with Crippen LogP contribution in [0.15, 0.2) is 23.2 Å². The first-order chi connectivity index (χ1) is 9.85. The number of nitrogens with zero attached hydrogens (tertiary/aromatic N) is 2. The first-order valence-electron chi connectivity index (χ1n) is 6.71. The van der Waals surface area contributed by atoms with Gasteiger partial charge < -0.3 is 11.1 Å². The van der Waals surface area contributed by atoms with E-state index in [4.69, 9.17) is 5.73 Å².